The smallest absolute Gasteiger partial charge is 0.337 e. The summed E-state index contributed by atoms with van der Waals surface area (Å²) in [7, 11) is 0. The molecule has 4 nitrogen and oxygen atoms in total. The molecule has 0 aromatic heterocycles. The van der Waals surface area contributed by atoms with Gasteiger partial charge in [0.05, 0.1) is 16.9 Å². The van der Waals surface area contributed by atoms with Gasteiger partial charge in [0.2, 0.25) is 0 Å². The van der Waals surface area contributed by atoms with Gasteiger partial charge in [-0.05, 0) is 12.1 Å². The number of benzene rings is 1. The van der Waals surface area contributed by atoms with Gasteiger partial charge in [-0.1, -0.05) is 6.07 Å². The monoisotopic (exact) mass is 238 g/mol. The fourth-order valence-corrected chi connectivity index (χ4v) is 2.78. The summed E-state index contributed by atoms with van der Waals surface area (Å²) in [4.78, 5) is 13.2. The summed E-state index contributed by atoms with van der Waals surface area (Å²) in [6.45, 7) is 1.72. The maximum absolute atomic E-state index is 11.1. The van der Waals surface area contributed by atoms with Crippen molar-refractivity contribution in [1.29, 1.82) is 0 Å². The SMILES string of the molecule is Nc1cccc(C(=O)O)c1N1CCSCC1. The summed E-state index contributed by atoms with van der Waals surface area (Å²) < 4.78 is 0. The van der Waals surface area contributed by atoms with E-state index in [1.165, 1.54) is 0 Å². The number of thioether (sulfide) groups is 1. The molecular formula is C11H14N2O2S. The lowest BCUT2D eigenvalue weighted by molar-refractivity contribution is 0.0697. The standard InChI is InChI=1S/C11H14N2O2S/c12-9-3-1-2-8(11(14)15)10(9)13-4-6-16-7-5-13/h1-3H,4-7,12H2,(H,14,15). The maximum Gasteiger partial charge on any atom is 0.337 e. The molecule has 0 unspecified atom stereocenters. The highest BCUT2D eigenvalue weighted by Crippen LogP contribution is 2.29. The van der Waals surface area contributed by atoms with Gasteiger partial charge in [0, 0.05) is 24.6 Å². The van der Waals surface area contributed by atoms with Crippen molar-refractivity contribution in [3.05, 3.63) is 23.8 Å². The molecule has 1 aromatic carbocycles. The van der Waals surface area contributed by atoms with Gasteiger partial charge in [0.1, 0.15) is 0 Å². The van der Waals surface area contributed by atoms with Gasteiger partial charge in [-0.2, -0.15) is 11.8 Å². The van der Waals surface area contributed by atoms with E-state index in [1.807, 2.05) is 11.8 Å². The van der Waals surface area contributed by atoms with E-state index in [0.717, 1.165) is 24.6 Å². The van der Waals surface area contributed by atoms with Gasteiger partial charge in [-0.3, -0.25) is 0 Å². The zero-order valence-corrected chi connectivity index (χ0v) is 9.67. The first-order valence-electron chi connectivity index (χ1n) is 5.14. The van der Waals surface area contributed by atoms with E-state index >= 15 is 0 Å². The Labute approximate surface area is 98.4 Å². The molecule has 1 heterocycles. The van der Waals surface area contributed by atoms with Crippen LogP contribution in [-0.2, 0) is 0 Å². The van der Waals surface area contributed by atoms with Crippen molar-refractivity contribution in [2.75, 3.05) is 35.2 Å². The van der Waals surface area contributed by atoms with E-state index in [0.29, 0.717) is 16.9 Å². The Bertz CT molecular complexity index is 403. The van der Waals surface area contributed by atoms with Crippen molar-refractivity contribution in [3.63, 3.8) is 0 Å². The number of carboxylic acid groups (broad SMARTS) is 1. The fourth-order valence-electron chi connectivity index (χ4n) is 1.87. The summed E-state index contributed by atoms with van der Waals surface area (Å²) in [6, 6.07) is 5.04. The van der Waals surface area contributed by atoms with Crippen LogP contribution in [0.4, 0.5) is 11.4 Å². The molecule has 5 heteroatoms. The largest absolute Gasteiger partial charge is 0.478 e. The third-order valence-electron chi connectivity index (χ3n) is 2.62. The third-order valence-corrected chi connectivity index (χ3v) is 3.57. The van der Waals surface area contributed by atoms with Crippen LogP contribution in [0.3, 0.4) is 0 Å². The summed E-state index contributed by atoms with van der Waals surface area (Å²) in [5, 5.41) is 9.13. The van der Waals surface area contributed by atoms with Gasteiger partial charge >= 0.3 is 5.97 Å². The number of hydrogen-bond donors (Lipinski definition) is 2. The van der Waals surface area contributed by atoms with Crippen molar-refractivity contribution in [3.8, 4) is 0 Å². The van der Waals surface area contributed by atoms with Gasteiger partial charge in [-0.15, -0.1) is 0 Å². The van der Waals surface area contributed by atoms with Crippen LogP contribution >= 0.6 is 11.8 Å². The van der Waals surface area contributed by atoms with Crippen LogP contribution in [0.5, 0.6) is 0 Å². The lowest BCUT2D eigenvalue weighted by atomic mass is 10.1. The first-order valence-corrected chi connectivity index (χ1v) is 6.30. The molecule has 3 N–H and O–H groups in total. The molecule has 0 radical (unpaired) electrons. The average Bonchev–Trinajstić information content (AvgIpc) is 2.29. The molecule has 0 spiro atoms. The molecule has 0 saturated carbocycles. The van der Waals surface area contributed by atoms with Crippen LogP contribution < -0.4 is 10.6 Å². The van der Waals surface area contributed by atoms with E-state index in [9.17, 15) is 4.79 Å². The molecule has 0 amide bonds. The predicted octanol–water partition coefficient (Wildman–Crippen LogP) is 1.52. The summed E-state index contributed by atoms with van der Waals surface area (Å²) >= 11 is 1.88. The predicted molar refractivity (Wildman–Crippen MR) is 67.4 cm³/mol. The van der Waals surface area contributed by atoms with Crippen LogP contribution in [0, 0.1) is 0 Å². The number of rotatable bonds is 2. The van der Waals surface area contributed by atoms with Crippen molar-refractivity contribution >= 4 is 29.1 Å². The summed E-state index contributed by atoms with van der Waals surface area (Å²) in [6.07, 6.45) is 0. The number of hydrogen-bond acceptors (Lipinski definition) is 4. The topological polar surface area (TPSA) is 66.6 Å². The molecule has 1 aliphatic rings. The molecular weight excluding hydrogens is 224 g/mol. The zero-order chi connectivity index (χ0) is 11.5. The fraction of sp³-hybridized carbons (Fsp3) is 0.364. The number of carbonyl (C=O) groups is 1. The molecule has 0 aliphatic carbocycles. The lowest BCUT2D eigenvalue weighted by Crippen LogP contribution is -2.34. The van der Waals surface area contributed by atoms with Crippen LogP contribution in [0.2, 0.25) is 0 Å². The summed E-state index contributed by atoms with van der Waals surface area (Å²) in [5.41, 5.74) is 7.40. The first-order chi connectivity index (χ1) is 7.70. The third kappa shape index (κ3) is 2.09. The molecule has 16 heavy (non-hydrogen) atoms. The van der Waals surface area contributed by atoms with Crippen LogP contribution in [0.15, 0.2) is 18.2 Å². The highest BCUT2D eigenvalue weighted by Gasteiger charge is 2.20. The minimum absolute atomic E-state index is 0.298. The molecule has 2 rings (SSSR count). The van der Waals surface area contributed by atoms with Gasteiger partial charge in [0.25, 0.3) is 0 Å². The Morgan fingerprint density at radius 2 is 2.06 bits per heavy atom. The van der Waals surface area contributed by atoms with Crippen molar-refractivity contribution in [2.45, 2.75) is 0 Å². The van der Waals surface area contributed by atoms with Crippen molar-refractivity contribution in [2.24, 2.45) is 0 Å². The molecule has 1 aliphatic heterocycles. The number of anilines is 2. The van der Waals surface area contributed by atoms with E-state index in [-0.39, 0.29) is 0 Å². The minimum atomic E-state index is -0.916. The number of para-hydroxylation sites is 1. The van der Waals surface area contributed by atoms with E-state index in [1.54, 1.807) is 18.2 Å². The first kappa shape index (κ1) is 11.1. The summed E-state index contributed by atoms with van der Waals surface area (Å²) in [5.74, 6) is 1.13. The van der Waals surface area contributed by atoms with Gasteiger partial charge < -0.3 is 15.7 Å². The van der Waals surface area contributed by atoms with Crippen molar-refractivity contribution < 1.29 is 9.90 Å². The number of nitrogens with two attached hydrogens (primary N) is 1. The Morgan fingerprint density at radius 1 is 1.38 bits per heavy atom. The molecule has 1 aromatic rings. The minimum Gasteiger partial charge on any atom is -0.478 e. The van der Waals surface area contributed by atoms with Crippen LogP contribution in [0.1, 0.15) is 10.4 Å². The Morgan fingerprint density at radius 3 is 2.69 bits per heavy atom. The highest BCUT2D eigenvalue weighted by atomic mass is 32.2. The Kier molecular flexibility index (Phi) is 3.24. The van der Waals surface area contributed by atoms with Crippen LogP contribution in [0.25, 0.3) is 0 Å². The second-order valence-corrected chi connectivity index (χ2v) is 4.87. The zero-order valence-electron chi connectivity index (χ0n) is 8.85. The van der Waals surface area contributed by atoms with Crippen molar-refractivity contribution in [1.82, 2.24) is 0 Å². The molecule has 1 fully saturated rings. The quantitative estimate of drug-likeness (QED) is 0.765. The van der Waals surface area contributed by atoms with Crippen LogP contribution in [-0.4, -0.2) is 35.7 Å². The molecule has 1 saturated heterocycles. The Balaban J connectivity index is 2.40. The second-order valence-electron chi connectivity index (χ2n) is 3.65. The molecule has 0 atom stereocenters. The maximum atomic E-state index is 11.1. The van der Waals surface area contributed by atoms with E-state index < -0.39 is 5.97 Å². The Hall–Kier alpha value is -1.36. The molecule has 0 bridgehead atoms. The second kappa shape index (κ2) is 4.65. The number of carboxylic acids is 1. The number of nitrogen functional groups attached to an aromatic ring is 1. The van der Waals surface area contributed by atoms with Gasteiger partial charge in [0.15, 0.2) is 0 Å². The highest BCUT2D eigenvalue weighted by molar-refractivity contribution is 7.99. The van der Waals surface area contributed by atoms with E-state index in [4.69, 9.17) is 10.8 Å². The average molecular weight is 238 g/mol. The van der Waals surface area contributed by atoms with Gasteiger partial charge in [-0.25, -0.2) is 4.79 Å². The number of aromatic carboxylic acids is 1. The lowest BCUT2D eigenvalue weighted by Gasteiger charge is -2.30. The molecule has 86 valence electrons. The normalized spacial score (nSPS) is 16.1. The van der Waals surface area contributed by atoms with E-state index in [2.05, 4.69) is 4.90 Å². The number of nitrogens with zero attached hydrogens (tertiary/aromatic N) is 1.